The van der Waals surface area contributed by atoms with Crippen molar-refractivity contribution >= 4 is 5.91 Å². The van der Waals surface area contributed by atoms with Crippen LogP contribution in [0.15, 0.2) is 27.6 Å². The summed E-state index contributed by atoms with van der Waals surface area (Å²) in [6.45, 7) is 3.60. The Bertz CT molecular complexity index is 467. The fourth-order valence-corrected chi connectivity index (χ4v) is 2.12. The third kappa shape index (κ3) is 2.61. The zero-order valence-corrected chi connectivity index (χ0v) is 10.7. The molecule has 1 aromatic rings. The monoisotopic (exact) mass is 250 g/mol. The second-order valence-electron chi connectivity index (χ2n) is 4.95. The molecular weight excluding hydrogens is 232 g/mol. The zero-order chi connectivity index (χ0) is 13.2. The normalized spacial score (nSPS) is 18.7. The third-order valence-corrected chi connectivity index (χ3v) is 3.71. The molecule has 1 saturated heterocycles. The molecule has 5 heteroatoms. The Morgan fingerprint density at radius 1 is 1.39 bits per heavy atom. The molecule has 5 nitrogen and oxygen atoms in total. The average Bonchev–Trinajstić information content (AvgIpc) is 2.40. The van der Waals surface area contributed by atoms with Crippen LogP contribution in [0.3, 0.4) is 0 Å². The van der Waals surface area contributed by atoms with E-state index >= 15 is 0 Å². The van der Waals surface area contributed by atoms with Crippen LogP contribution in [0, 0.1) is 0 Å². The van der Waals surface area contributed by atoms with Crippen LogP contribution in [0.1, 0.15) is 30.1 Å². The molecule has 0 bridgehead atoms. The first-order valence-electron chi connectivity index (χ1n) is 6.11. The van der Waals surface area contributed by atoms with Gasteiger partial charge in [0, 0.05) is 24.7 Å². The van der Waals surface area contributed by atoms with E-state index in [1.165, 1.54) is 18.4 Å². The van der Waals surface area contributed by atoms with Gasteiger partial charge in [-0.3, -0.25) is 4.79 Å². The van der Waals surface area contributed by atoms with Crippen LogP contribution in [-0.2, 0) is 0 Å². The number of nitrogens with zero attached hydrogens (tertiary/aromatic N) is 1. The summed E-state index contributed by atoms with van der Waals surface area (Å²) in [4.78, 5) is 24.8. The predicted octanol–water partition coefficient (Wildman–Crippen LogP) is 0.854. The molecule has 0 saturated carbocycles. The van der Waals surface area contributed by atoms with Crippen LogP contribution in [-0.4, -0.2) is 36.5 Å². The third-order valence-electron chi connectivity index (χ3n) is 3.71. The van der Waals surface area contributed by atoms with Crippen molar-refractivity contribution in [3.63, 3.8) is 0 Å². The highest BCUT2D eigenvalue weighted by Gasteiger charge is 2.30. The minimum Gasteiger partial charge on any atom is -0.430 e. The van der Waals surface area contributed by atoms with E-state index in [1.54, 1.807) is 4.90 Å². The number of carbonyl (C=O) groups excluding carboxylic acids is 1. The summed E-state index contributed by atoms with van der Waals surface area (Å²) in [6, 6.07) is 2.79. The molecule has 1 aliphatic rings. The fourth-order valence-electron chi connectivity index (χ4n) is 2.12. The van der Waals surface area contributed by atoms with Crippen LogP contribution < -0.4 is 10.9 Å². The minimum absolute atomic E-state index is 0.0723. The summed E-state index contributed by atoms with van der Waals surface area (Å²) in [7, 11) is 1.95. The molecule has 2 rings (SSSR count). The van der Waals surface area contributed by atoms with Gasteiger partial charge in [-0.15, -0.1) is 0 Å². The van der Waals surface area contributed by atoms with Gasteiger partial charge in [-0.05, 0) is 32.9 Å². The number of likely N-dealkylation sites (tertiary alicyclic amines) is 1. The van der Waals surface area contributed by atoms with Gasteiger partial charge in [0.25, 0.3) is 5.91 Å². The molecule has 0 unspecified atom stereocenters. The number of nitrogens with one attached hydrogen (secondary N) is 1. The van der Waals surface area contributed by atoms with Gasteiger partial charge < -0.3 is 14.6 Å². The molecule has 0 atom stereocenters. The van der Waals surface area contributed by atoms with Crippen molar-refractivity contribution < 1.29 is 9.21 Å². The standard InChI is InChI=1S/C13H18N2O3/c1-13(14-2)5-7-15(8-6-13)12(17)10-3-4-11(16)18-9-10/h3-4,9,14H,5-8H2,1-2H3. The molecule has 18 heavy (non-hydrogen) atoms. The lowest BCUT2D eigenvalue weighted by molar-refractivity contribution is 0.0659. The van der Waals surface area contributed by atoms with E-state index in [0.717, 1.165) is 25.9 Å². The van der Waals surface area contributed by atoms with Crippen LogP contribution in [0.2, 0.25) is 0 Å². The van der Waals surface area contributed by atoms with E-state index in [-0.39, 0.29) is 11.4 Å². The number of hydrogen-bond donors (Lipinski definition) is 1. The summed E-state index contributed by atoms with van der Waals surface area (Å²) in [5, 5.41) is 3.29. The predicted molar refractivity (Wildman–Crippen MR) is 67.6 cm³/mol. The van der Waals surface area contributed by atoms with E-state index in [4.69, 9.17) is 4.42 Å². The summed E-state index contributed by atoms with van der Waals surface area (Å²) < 4.78 is 4.72. The van der Waals surface area contributed by atoms with Crippen LogP contribution in [0.5, 0.6) is 0 Å². The van der Waals surface area contributed by atoms with Gasteiger partial charge in [0.2, 0.25) is 0 Å². The molecule has 0 radical (unpaired) electrons. The Balaban J connectivity index is 2.04. The molecule has 0 aliphatic carbocycles. The van der Waals surface area contributed by atoms with Gasteiger partial charge in [0.1, 0.15) is 6.26 Å². The van der Waals surface area contributed by atoms with Gasteiger partial charge in [-0.25, -0.2) is 4.79 Å². The van der Waals surface area contributed by atoms with E-state index in [1.807, 2.05) is 7.05 Å². The smallest absolute Gasteiger partial charge is 0.335 e. The van der Waals surface area contributed by atoms with Gasteiger partial charge >= 0.3 is 5.63 Å². The minimum atomic E-state index is -0.437. The van der Waals surface area contributed by atoms with Crippen molar-refractivity contribution in [3.8, 4) is 0 Å². The molecule has 1 aliphatic heterocycles. The number of carbonyl (C=O) groups is 1. The molecule has 2 heterocycles. The van der Waals surface area contributed by atoms with E-state index in [2.05, 4.69) is 12.2 Å². The molecule has 1 aromatic heterocycles. The van der Waals surface area contributed by atoms with E-state index in [9.17, 15) is 9.59 Å². The number of rotatable bonds is 2. The lowest BCUT2D eigenvalue weighted by atomic mass is 9.90. The maximum absolute atomic E-state index is 12.2. The quantitative estimate of drug-likeness (QED) is 0.845. The second kappa shape index (κ2) is 4.94. The zero-order valence-electron chi connectivity index (χ0n) is 10.7. The SMILES string of the molecule is CNC1(C)CCN(C(=O)c2ccc(=O)oc2)CC1. The highest BCUT2D eigenvalue weighted by atomic mass is 16.4. The average molecular weight is 250 g/mol. The molecule has 1 fully saturated rings. The lowest BCUT2D eigenvalue weighted by Gasteiger charge is -2.39. The Hall–Kier alpha value is -1.62. The first kappa shape index (κ1) is 12.8. The van der Waals surface area contributed by atoms with Crippen molar-refractivity contribution in [3.05, 3.63) is 34.4 Å². The summed E-state index contributed by atoms with van der Waals surface area (Å²) in [5.41, 5.74) is 0.107. The summed E-state index contributed by atoms with van der Waals surface area (Å²) >= 11 is 0. The molecule has 1 N–H and O–H groups in total. The first-order valence-corrected chi connectivity index (χ1v) is 6.11. The number of hydrogen-bond acceptors (Lipinski definition) is 4. The Kier molecular flexibility index (Phi) is 3.52. The maximum Gasteiger partial charge on any atom is 0.335 e. The van der Waals surface area contributed by atoms with Crippen LogP contribution in [0.25, 0.3) is 0 Å². The van der Waals surface area contributed by atoms with Crippen molar-refractivity contribution in [1.82, 2.24) is 10.2 Å². The summed E-state index contributed by atoms with van der Waals surface area (Å²) in [5.74, 6) is -0.0723. The second-order valence-corrected chi connectivity index (χ2v) is 4.95. The Morgan fingerprint density at radius 2 is 2.06 bits per heavy atom. The Labute approximate surface area is 106 Å². The highest BCUT2D eigenvalue weighted by Crippen LogP contribution is 2.22. The van der Waals surface area contributed by atoms with E-state index in [0.29, 0.717) is 5.56 Å². The van der Waals surface area contributed by atoms with Crippen molar-refractivity contribution in [1.29, 1.82) is 0 Å². The van der Waals surface area contributed by atoms with Gasteiger partial charge in [0.15, 0.2) is 0 Å². The van der Waals surface area contributed by atoms with Gasteiger partial charge in [-0.1, -0.05) is 0 Å². The highest BCUT2D eigenvalue weighted by molar-refractivity contribution is 5.93. The van der Waals surface area contributed by atoms with Crippen LogP contribution in [0.4, 0.5) is 0 Å². The molecule has 0 spiro atoms. The molecule has 0 aromatic carbocycles. The van der Waals surface area contributed by atoms with E-state index < -0.39 is 5.63 Å². The van der Waals surface area contributed by atoms with Crippen LogP contribution >= 0.6 is 0 Å². The molecular formula is C13H18N2O3. The van der Waals surface area contributed by atoms with Crippen molar-refractivity contribution in [2.75, 3.05) is 20.1 Å². The maximum atomic E-state index is 12.2. The van der Waals surface area contributed by atoms with Gasteiger partial charge in [-0.2, -0.15) is 0 Å². The topological polar surface area (TPSA) is 62.6 Å². The van der Waals surface area contributed by atoms with Crippen molar-refractivity contribution in [2.24, 2.45) is 0 Å². The largest absolute Gasteiger partial charge is 0.430 e. The fraction of sp³-hybridized carbons (Fsp3) is 0.538. The number of amides is 1. The molecule has 98 valence electrons. The summed E-state index contributed by atoms with van der Waals surface area (Å²) in [6.07, 6.45) is 3.08. The molecule has 1 amide bonds. The first-order chi connectivity index (χ1) is 8.54. The van der Waals surface area contributed by atoms with Gasteiger partial charge in [0.05, 0.1) is 5.56 Å². The van der Waals surface area contributed by atoms with Crippen molar-refractivity contribution in [2.45, 2.75) is 25.3 Å². The number of piperidine rings is 1. The lowest BCUT2D eigenvalue weighted by Crippen LogP contribution is -2.51. The Morgan fingerprint density at radius 3 is 2.56 bits per heavy atom.